The van der Waals surface area contributed by atoms with Crippen molar-refractivity contribution >= 4 is 0 Å². The Morgan fingerprint density at radius 1 is 1.00 bits per heavy atom. The normalized spacial score (nSPS) is 29.5. The highest BCUT2D eigenvalue weighted by Crippen LogP contribution is 2.50. The van der Waals surface area contributed by atoms with Crippen LogP contribution < -0.4 is 0 Å². The van der Waals surface area contributed by atoms with Crippen molar-refractivity contribution in [3.05, 3.63) is 48.0 Å². The number of fused-ring (bicyclic) bond motifs is 1. The van der Waals surface area contributed by atoms with Gasteiger partial charge in [0.05, 0.1) is 5.60 Å². The zero-order valence-electron chi connectivity index (χ0n) is 11.5. The highest BCUT2D eigenvalue weighted by molar-refractivity contribution is 5.44. The van der Waals surface area contributed by atoms with Crippen molar-refractivity contribution in [2.75, 3.05) is 0 Å². The summed E-state index contributed by atoms with van der Waals surface area (Å²) in [6, 6.07) is 8.53. The third-order valence-corrected chi connectivity index (χ3v) is 4.50. The molecule has 0 aliphatic carbocycles. The lowest BCUT2D eigenvalue weighted by molar-refractivity contribution is -0.159. The molecule has 1 atom stereocenters. The molecule has 0 amide bonds. The van der Waals surface area contributed by atoms with E-state index in [1.54, 1.807) is 0 Å². The molecule has 92 valence electrons. The molecule has 0 aromatic heterocycles. The van der Waals surface area contributed by atoms with Gasteiger partial charge in [-0.25, -0.2) is 0 Å². The van der Waals surface area contributed by atoms with Crippen molar-refractivity contribution in [3.8, 4) is 0 Å². The first kappa shape index (κ1) is 12.4. The van der Waals surface area contributed by atoms with Gasteiger partial charge in [-0.05, 0) is 31.9 Å². The van der Waals surface area contributed by atoms with Crippen LogP contribution in [0.15, 0.2) is 36.9 Å². The molecule has 0 radical (unpaired) electrons. The molecule has 1 aliphatic rings. The molecular formula is C16H22O. The van der Waals surface area contributed by atoms with E-state index in [2.05, 4.69) is 65.5 Å². The van der Waals surface area contributed by atoms with E-state index in [1.807, 2.05) is 6.08 Å². The van der Waals surface area contributed by atoms with Crippen LogP contribution in [0.1, 0.15) is 45.7 Å². The molecule has 1 nitrogen and oxygen atoms in total. The number of ether oxygens (including phenoxy) is 1. The van der Waals surface area contributed by atoms with E-state index in [0.29, 0.717) is 0 Å². The summed E-state index contributed by atoms with van der Waals surface area (Å²) in [6.45, 7) is 14.8. The van der Waals surface area contributed by atoms with Crippen LogP contribution in [-0.4, -0.2) is 5.60 Å². The second kappa shape index (κ2) is 3.46. The molecule has 0 fully saturated rings. The van der Waals surface area contributed by atoms with Gasteiger partial charge < -0.3 is 4.74 Å². The molecule has 0 spiro atoms. The maximum absolute atomic E-state index is 6.33. The standard InChI is InChI=1S/C16H22O/c1-7-16(6)13-11-9-8-10-12(13)14(2,3)15(4,5)17-16/h7-11H,1H2,2-6H3/t16-/m1/s1. The molecule has 0 saturated carbocycles. The van der Waals surface area contributed by atoms with Crippen LogP contribution in [0.5, 0.6) is 0 Å². The Morgan fingerprint density at radius 3 is 2.06 bits per heavy atom. The van der Waals surface area contributed by atoms with Crippen molar-refractivity contribution in [2.45, 2.75) is 51.2 Å². The van der Waals surface area contributed by atoms with E-state index in [1.165, 1.54) is 11.1 Å². The van der Waals surface area contributed by atoms with Gasteiger partial charge in [-0.3, -0.25) is 0 Å². The van der Waals surface area contributed by atoms with Crippen LogP contribution >= 0.6 is 0 Å². The largest absolute Gasteiger partial charge is 0.360 e. The predicted molar refractivity (Wildman–Crippen MR) is 72.2 cm³/mol. The fourth-order valence-electron chi connectivity index (χ4n) is 2.65. The first-order valence-electron chi connectivity index (χ1n) is 6.18. The number of hydrogen-bond donors (Lipinski definition) is 0. The van der Waals surface area contributed by atoms with Crippen LogP contribution in [-0.2, 0) is 15.8 Å². The van der Waals surface area contributed by atoms with Gasteiger partial charge in [0.25, 0.3) is 0 Å². The Kier molecular flexibility index (Phi) is 2.52. The Hall–Kier alpha value is -1.08. The average Bonchev–Trinajstić information content (AvgIpc) is 2.27. The van der Waals surface area contributed by atoms with E-state index < -0.39 is 5.60 Å². The molecule has 0 bridgehead atoms. The summed E-state index contributed by atoms with van der Waals surface area (Å²) in [4.78, 5) is 0. The summed E-state index contributed by atoms with van der Waals surface area (Å²) < 4.78 is 6.33. The molecular weight excluding hydrogens is 208 g/mol. The first-order chi connectivity index (χ1) is 7.74. The van der Waals surface area contributed by atoms with Crippen molar-refractivity contribution in [1.82, 2.24) is 0 Å². The lowest BCUT2D eigenvalue weighted by Gasteiger charge is -2.53. The molecule has 17 heavy (non-hydrogen) atoms. The molecule has 1 heterocycles. The topological polar surface area (TPSA) is 9.23 Å². The zero-order valence-corrected chi connectivity index (χ0v) is 11.5. The van der Waals surface area contributed by atoms with E-state index in [0.717, 1.165) is 0 Å². The summed E-state index contributed by atoms with van der Waals surface area (Å²) >= 11 is 0. The lowest BCUT2D eigenvalue weighted by Crippen LogP contribution is -2.54. The molecule has 1 aromatic rings. The van der Waals surface area contributed by atoms with Gasteiger partial charge in [0, 0.05) is 5.41 Å². The predicted octanol–water partition coefficient (Wildman–Crippen LogP) is 4.17. The first-order valence-corrected chi connectivity index (χ1v) is 6.18. The quantitative estimate of drug-likeness (QED) is 0.658. The van der Waals surface area contributed by atoms with Gasteiger partial charge in [-0.15, -0.1) is 0 Å². The minimum Gasteiger partial charge on any atom is -0.360 e. The van der Waals surface area contributed by atoms with Crippen molar-refractivity contribution in [2.24, 2.45) is 0 Å². The molecule has 1 aromatic carbocycles. The van der Waals surface area contributed by atoms with Crippen LogP contribution in [0.2, 0.25) is 0 Å². The minimum absolute atomic E-state index is 0.00782. The Balaban J connectivity index is 2.74. The van der Waals surface area contributed by atoms with E-state index in [-0.39, 0.29) is 11.0 Å². The fourth-order valence-corrected chi connectivity index (χ4v) is 2.65. The van der Waals surface area contributed by atoms with Gasteiger partial charge in [0.2, 0.25) is 0 Å². The summed E-state index contributed by atoms with van der Waals surface area (Å²) in [7, 11) is 0. The molecule has 0 saturated heterocycles. The maximum Gasteiger partial charge on any atom is 0.109 e. The number of rotatable bonds is 1. The third kappa shape index (κ3) is 1.56. The number of hydrogen-bond acceptors (Lipinski definition) is 1. The summed E-state index contributed by atoms with van der Waals surface area (Å²) in [5, 5.41) is 0. The molecule has 2 rings (SSSR count). The molecule has 1 aliphatic heterocycles. The van der Waals surface area contributed by atoms with Gasteiger partial charge in [0.15, 0.2) is 0 Å². The summed E-state index contributed by atoms with van der Waals surface area (Å²) in [6.07, 6.45) is 1.91. The number of benzene rings is 1. The van der Waals surface area contributed by atoms with Crippen LogP contribution in [0.25, 0.3) is 0 Å². The van der Waals surface area contributed by atoms with Gasteiger partial charge in [0.1, 0.15) is 5.60 Å². The minimum atomic E-state index is -0.393. The van der Waals surface area contributed by atoms with E-state index in [4.69, 9.17) is 4.74 Å². The van der Waals surface area contributed by atoms with Gasteiger partial charge in [-0.2, -0.15) is 0 Å². The Labute approximate surface area is 104 Å². The van der Waals surface area contributed by atoms with Crippen molar-refractivity contribution in [3.63, 3.8) is 0 Å². The molecule has 1 heteroatoms. The fraction of sp³-hybridized carbons (Fsp3) is 0.500. The maximum atomic E-state index is 6.33. The monoisotopic (exact) mass is 230 g/mol. The summed E-state index contributed by atoms with van der Waals surface area (Å²) in [5.74, 6) is 0. The van der Waals surface area contributed by atoms with Gasteiger partial charge >= 0.3 is 0 Å². The average molecular weight is 230 g/mol. The van der Waals surface area contributed by atoms with Crippen molar-refractivity contribution in [1.29, 1.82) is 0 Å². The van der Waals surface area contributed by atoms with Gasteiger partial charge in [-0.1, -0.05) is 50.8 Å². The lowest BCUT2D eigenvalue weighted by atomic mass is 9.65. The van der Waals surface area contributed by atoms with E-state index in [9.17, 15) is 0 Å². The SMILES string of the molecule is C=C[C@@]1(C)OC(C)(C)C(C)(C)c2ccccc21. The third-order valence-electron chi connectivity index (χ3n) is 4.50. The highest BCUT2D eigenvalue weighted by Gasteiger charge is 2.50. The smallest absolute Gasteiger partial charge is 0.109 e. The second-order valence-corrected chi connectivity index (χ2v) is 6.09. The van der Waals surface area contributed by atoms with Crippen LogP contribution in [0.4, 0.5) is 0 Å². The van der Waals surface area contributed by atoms with Crippen LogP contribution in [0, 0.1) is 0 Å². The Bertz CT molecular complexity index is 456. The van der Waals surface area contributed by atoms with Crippen LogP contribution in [0.3, 0.4) is 0 Å². The Morgan fingerprint density at radius 2 is 1.53 bits per heavy atom. The molecule has 0 unspecified atom stereocenters. The zero-order chi connectivity index (χ0) is 12.9. The molecule has 0 N–H and O–H groups in total. The second-order valence-electron chi connectivity index (χ2n) is 6.09. The van der Waals surface area contributed by atoms with Crippen molar-refractivity contribution < 1.29 is 4.74 Å². The highest BCUT2D eigenvalue weighted by atomic mass is 16.5. The summed E-state index contributed by atoms with van der Waals surface area (Å²) in [5.41, 5.74) is 1.98. The van der Waals surface area contributed by atoms with E-state index >= 15 is 0 Å².